The van der Waals surface area contributed by atoms with Crippen molar-refractivity contribution in [3.8, 4) is 5.75 Å². The van der Waals surface area contributed by atoms with Gasteiger partial charge in [-0.25, -0.2) is 5.43 Å². The molecule has 0 radical (unpaired) electrons. The van der Waals surface area contributed by atoms with Gasteiger partial charge in [-0.1, -0.05) is 22.0 Å². The second kappa shape index (κ2) is 7.99. The number of nitrogens with one attached hydrogen (secondary N) is 1. The molecule has 0 atom stereocenters. The first-order valence-electron chi connectivity index (χ1n) is 6.97. The van der Waals surface area contributed by atoms with E-state index in [4.69, 9.17) is 20.8 Å². The van der Waals surface area contributed by atoms with Crippen molar-refractivity contribution in [3.63, 3.8) is 0 Å². The third kappa shape index (κ3) is 4.39. The second-order valence-electron chi connectivity index (χ2n) is 4.79. The Labute approximate surface area is 164 Å². The number of aromatic nitrogens is 1. The van der Waals surface area contributed by atoms with Crippen LogP contribution >= 0.6 is 43.5 Å². The lowest BCUT2D eigenvalue weighted by Gasteiger charge is -2.11. The zero-order chi connectivity index (χ0) is 17.8. The van der Waals surface area contributed by atoms with Crippen LogP contribution in [0.3, 0.4) is 0 Å². The molecule has 1 aromatic carbocycles. The van der Waals surface area contributed by atoms with E-state index >= 15 is 0 Å². The Hall–Kier alpha value is -1.90. The van der Waals surface area contributed by atoms with Crippen LogP contribution in [-0.2, 0) is 4.79 Å². The zero-order valence-electron chi connectivity index (χ0n) is 12.5. The number of halogens is 3. The summed E-state index contributed by atoms with van der Waals surface area (Å²) >= 11 is 12.5. The molecule has 1 N–H and O–H groups in total. The van der Waals surface area contributed by atoms with Gasteiger partial charge in [0.1, 0.15) is 11.3 Å². The molecule has 9 heteroatoms. The summed E-state index contributed by atoms with van der Waals surface area (Å²) in [4.78, 5) is 16.2. The van der Waals surface area contributed by atoms with E-state index in [0.29, 0.717) is 21.5 Å². The highest BCUT2D eigenvalue weighted by atomic mass is 79.9. The molecule has 3 rings (SSSR count). The molecule has 0 spiro atoms. The number of ether oxygens (including phenoxy) is 1. The first-order valence-corrected chi connectivity index (χ1v) is 8.94. The SMILES string of the molecule is O=C(COc1c(Br)cc(Br)c2cccnc12)N/N=C/c1ccc(Cl)o1. The molecule has 0 aliphatic carbocycles. The molecular weight excluding hydrogens is 477 g/mol. The molecule has 0 saturated heterocycles. The van der Waals surface area contributed by atoms with E-state index in [1.807, 2.05) is 18.2 Å². The van der Waals surface area contributed by atoms with Crippen molar-refractivity contribution in [3.05, 3.63) is 56.5 Å². The molecule has 6 nitrogen and oxygen atoms in total. The number of hydrazone groups is 1. The molecule has 0 fully saturated rings. The highest BCUT2D eigenvalue weighted by Gasteiger charge is 2.13. The van der Waals surface area contributed by atoms with Gasteiger partial charge in [-0.15, -0.1) is 0 Å². The first-order chi connectivity index (χ1) is 12.0. The van der Waals surface area contributed by atoms with Crippen molar-refractivity contribution in [2.24, 2.45) is 5.10 Å². The fraction of sp³-hybridized carbons (Fsp3) is 0.0625. The Bertz CT molecular complexity index is 959. The number of carbonyl (C=O) groups is 1. The lowest BCUT2D eigenvalue weighted by molar-refractivity contribution is -0.123. The predicted octanol–water partition coefficient (Wildman–Crippen LogP) is 4.54. The molecule has 2 aromatic heterocycles. The van der Waals surface area contributed by atoms with Crippen molar-refractivity contribution >= 4 is 66.5 Å². The molecule has 1 amide bonds. The number of furan rings is 1. The van der Waals surface area contributed by atoms with Gasteiger partial charge in [-0.3, -0.25) is 9.78 Å². The van der Waals surface area contributed by atoms with Gasteiger partial charge >= 0.3 is 0 Å². The van der Waals surface area contributed by atoms with Crippen LogP contribution in [0, 0.1) is 0 Å². The average molecular weight is 488 g/mol. The largest absolute Gasteiger partial charge is 0.480 e. The van der Waals surface area contributed by atoms with Crippen LogP contribution in [0.2, 0.25) is 5.22 Å². The molecule has 0 saturated carbocycles. The fourth-order valence-corrected chi connectivity index (χ4v) is 3.56. The number of fused-ring (bicyclic) bond motifs is 1. The molecule has 0 bridgehead atoms. The van der Waals surface area contributed by atoms with E-state index in [1.165, 1.54) is 6.21 Å². The summed E-state index contributed by atoms with van der Waals surface area (Å²) in [6.45, 7) is -0.220. The zero-order valence-corrected chi connectivity index (χ0v) is 16.4. The number of nitrogens with zero attached hydrogens (tertiary/aromatic N) is 2. The van der Waals surface area contributed by atoms with Crippen molar-refractivity contribution < 1.29 is 13.9 Å². The van der Waals surface area contributed by atoms with Crippen LogP contribution in [-0.4, -0.2) is 23.7 Å². The molecule has 0 aliphatic heterocycles. The Morgan fingerprint density at radius 3 is 2.96 bits per heavy atom. The van der Waals surface area contributed by atoms with E-state index in [-0.39, 0.29) is 11.8 Å². The van der Waals surface area contributed by atoms with Gasteiger partial charge in [0.25, 0.3) is 5.91 Å². The molecule has 3 aromatic rings. The van der Waals surface area contributed by atoms with Gasteiger partial charge in [-0.2, -0.15) is 5.10 Å². The number of carbonyl (C=O) groups excluding carboxylic acids is 1. The molecule has 25 heavy (non-hydrogen) atoms. The number of hydrogen-bond acceptors (Lipinski definition) is 5. The topological polar surface area (TPSA) is 76.7 Å². The third-order valence-electron chi connectivity index (χ3n) is 3.07. The summed E-state index contributed by atoms with van der Waals surface area (Å²) in [5.41, 5.74) is 2.99. The molecule has 2 heterocycles. The first kappa shape index (κ1) is 17.9. The Balaban J connectivity index is 1.66. The Morgan fingerprint density at radius 2 is 2.20 bits per heavy atom. The maximum atomic E-state index is 11.9. The van der Waals surface area contributed by atoms with Gasteiger partial charge < -0.3 is 9.15 Å². The minimum atomic E-state index is -0.423. The van der Waals surface area contributed by atoms with Crippen LogP contribution in [0.4, 0.5) is 0 Å². The maximum absolute atomic E-state index is 11.9. The summed E-state index contributed by atoms with van der Waals surface area (Å²) < 4.78 is 12.3. The Morgan fingerprint density at radius 1 is 1.36 bits per heavy atom. The van der Waals surface area contributed by atoms with Crippen LogP contribution < -0.4 is 10.2 Å². The lowest BCUT2D eigenvalue weighted by Crippen LogP contribution is -2.24. The van der Waals surface area contributed by atoms with E-state index < -0.39 is 5.91 Å². The molecule has 0 unspecified atom stereocenters. The van der Waals surface area contributed by atoms with Gasteiger partial charge in [0.05, 0.1) is 10.7 Å². The summed E-state index contributed by atoms with van der Waals surface area (Å²) in [5, 5.41) is 4.90. The van der Waals surface area contributed by atoms with Crippen LogP contribution in [0.15, 0.2) is 55.0 Å². The predicted molar refractivity (Wildman–Crippen MR) is 102 cm³/mol. The van der Waals surface area contributed by atoms with E-state index in [0.717, 1.165) is 9.86 Å². The summed E-state index contributed by atoms with van der Waals surface area (Å²) in [5.74, 6) is 0.487. The summed E-state index contributed by atoms with van der Waals surface area (Å²) in [6, 6.07) is 8.79. The normalized spacial score (nSPS) is 11.2. The smallest absolute Gasteiger partial charge is 0.277 e. The maximum Gasteiger partial charge on any atom is 0.277 e. The van der Waals surface area contributed by atoms with Crippen molar-refractivity contribution in [1.82, 2.24) is 10.4 Å². The lowest BCUT2D eigenvalue weighted by atomic mass is 10.2. The average Bonchev–Trinajstić information content (AvgIpc) is 3.00. The summed E-state index contributed by atoms with van der Waals surface area (Å²) in [7, 11) is 0. The number of hydrogen-bond donors (Lipinski definition) is 1. The monoisotopic (exact) mass is 485 g/mol. The van der Waals surface area contributed by atoms with E-state index in [2.05, 4.69) is 47.4 Å². The fourth-order valence-electron chi connectivity index (χ4n) is 2.02. The summed E-state index contributed by atoms with van der Waals surface area (Å²) in [6.07, 6.45) is 3.00. The highest BCUT2D eigenvalue weighted by molar-refractivity contribution is 9.11. The van der Waals surface area contributed by atoms with Crippen molar-refractivity contribution in [2.75, 3.05) is 6.61 Å². The third-order valence-corrected chi connectivity index (χ3v) is 4.52. The van der Waals surface area contributed by atoms with Gasteiger partial charge in [0, 0.05) is 16.1 Å². The minimum Gasteiger partial charge on any atom is -0.480 e. The Kier molecular flexibility index (Phi) is 5.72. The quantitative estimate of drug-likeness (QED) is 0.424. The molecular formula is C16H10Br2ClN3O3. The van der Waals surface area contributed by atoms with Crippen molar-refractivity contribution in [2.45, 2.75) is 0 Å². The number of benzene rings is 1. The van der Waals surface area contributed by atoms with Crippen LogP contribution in [0.25, 0.3) is 10.9 Å². The van der Waals surface area contributed by atoms with Gasteiger partial charge in [0.15, 0.2) is 17.6 Å². The van der Waals surface area contributed by atoms with Gasteiger partial charge in [-0.05, 0) is 51.8 Å². The molecule has 128 valence electrons. The number of pyridine rings is 1. The van der Waals surface area contributed by atoms with E-state index in [1.54, 1.807) is 18.3 Å². The second-order valence-corrected chi connectivity index (χ2v) is 6.87. The standard InChI is InChI=1S/C16H10Br2ClN3O3/c17-11-6-12(18)16(15-10(11)2-1-5-20-15)24-8-14(23)22-21-7-9-3-4-13(19)25-9/h1-7H,8H2,(H,22,23)/b21-7+. The van der Waals surface area contributed by atoms with Crippen LogP contribution in [0.5, 0.6) is 5.75 Å². The van der Waals surface area contributed by atoms with Crippen molar-refractivity contribution in [1.29, 1.82) is 0 Å². The number of rotatable bonds is 5. The van der Waals surface area contributed by atoms with Gasteiger partial charge in [0.2, 0.25) is 0 Å². The van der Waals surface area contributed by atoms with Crippen LogP contribution in [0.1, 0.15) is 5.76 Å². The number of amides is 1. The minimum absolute atomic E-state index is 0.220. The highest BCUT2D eigenvalue weighted by Crippen LogP contribution is 2.37. The molecule has 0 aliphatic rings. The van der Waals surface area contributed by atoms with E-state index in [9.17, 15) is 4.79 Å².